The molecule has 24 heavy (non-hydrogen) atoms. The zero-order chi connectivity index (χ0) is 18.7. The summed E-state index contributed by atoms with van der Waals surface area (Å²) in [6.07, 6.45) is 1.47. The van der Waals surface area contributed by atoms with E-state index in [1.54, 1.807) is 6.92 Å². The maximum absolute atomic E-state index is 12.3. The van der Waals surface area contributed by atoms with Gasteiger partial charge in [0.25, 0.3) is 11.6 Å². The number of carboxylic acid groups (broad SMARTS) is 1. The lowest BCUT2D eigenvalue weighted by Gasteiger charge is -2.25. The molecule has 2 N–H and O–H groups in total. The molecule has 1 atom stereocenters. The summed E-state index contributed by atoms with van der Waals surface area (Å²) in [5.41, 5.74) is -2.44. The molecule has 0 fully saturated rings. The highest BCUT2D eigenvalue weighted by Crippen LogP contribution is 2.22. The number of nitrogens with zero attached hydrogens (tertiary/aromatic N) is 1. The van der Waals surface area contributed by atoms with E-state index >= 15 is 0 Å². The molecule has 1 aromatic rings. The summed E-state index contributed by atoms with van der Waals surface area (Å²) in [6.45, 7) is 3.05. The van der Waals surface area contributed by atoms with Gasteiger partial charge >= 0.3 is 5.97 Å². The average Bonchev–Trinajstić information content (AvgIpc) is 2.45. The van der Waals surface area contributed by atoms with Crippen LogP contribution in [-0.2, 0) is 14.6 Å². The summed E-state index contributed by atoms with van der Waals surface area (Å²) >= 11 is 0. The molecule has 0 aliphatic rings. The van der Waals surface area contributed by atoms with Crippen molar-refractivity contribution >= 4 is 27.4 Å². The van der Waals surface area contributed by atoms with Crippen molar-refractivity contribution in [3.63, 3.8) is 0 Å². The third-order valence-electron chi connectivity index (χ3n) is 3.40. The van der Waals surface area contributed by atoms with E-state index in [0.717, 1.165) is 24.5 Å². The Morgan fingerprint density at radius 3 is 2.33 bits per heavy atom. The molecule has 0 aliphatic heterocycles. The van der Waals surface area contributed by atoms with Crippen LogP contribution >= 0.6 is 0 Å². The van der Waals surface area contributed by atoms with Crippen molar-refractivity contribution in [2.45, 2.75) is 37.1 Å². The number of sulfone groups is 1. The van der Waals surface area contributed by atoms with Crippen LogP contribution in [0, 0.1) is 10.1 Å². The van der Waals surface area contributed by atoms with Crippen LogP contribution in [-0.4, -0.2) is 42.1 Å². The second-order valence-corrected chi connectivity index (χ2v) is 7.60. The Hall–Kier alpha value is -2.49. The zero-order valence-electron chi connectivity index (χ0n) is 13.4. The molecule has 0 spiro atoms. The summed E-state index contributed by atoms with van der Waals surface area (Å²) in [6, 6.07) is 2.72. The largest absolute Gasteiger partial charge is 0.480 e. The molecule has 0 saturated heterocycles. The van der Waals surface area contributed by atoms with Gasteiger partial charge in [-0.15, -0.1) is 0 Å². The van der Waals surface area contributed by atoms with Crippen molar-refractivity contribution in [2.75, 3.05) is 6.26 Å². The van der Waals surface area contributed by atoms with Gasteiger partial charge in [-0.25, -0.2) is 13.2 Å². The Balaban J connectivity index is 3.35. The summed E-state index contributed by atoms with van der Waals surface area (Å²) in [7, 11) is -3.79. The van der Waals surface area contributed by atoms with E-state index in [9.17, 15) is 33.2 Å². The zero-order valence-corrected chi connectivity index (χ0v) is 14.2. The number of benzene rings is 1. The maximum atomic E-state index is 12.3. The smallest absolute Gasteiger partial charge is 0.329 e. The highest BCUT2D eigenvalue weighted by Gasteiger charge is 2.34. The van der Waals surface area contributed by atoms with Crippen molar-refractivity contribution in [1.29, 1.82) is 0 Å². The molecule has 10 heteroatoms. The third kappa shape index (κ3) is 4.51. The van der Waals surface area contributed by atoms with Gasteiger partial charge in [-0.05, 0) is 19.4 Å². The van der Waals surface area contributed by atoms with Crippen LogP contribution in [0.1, 0.15) is 37.0 Å². The minimum Gasteiger partial charge on any atom is -0.480 e. The Morgan fingerprint density at radius 2 is 1.92 bits per heavy atom. The minimum absolute atomic E-state index is 0.141. The van der Waals surface area contributed by atoms with Gasteiger partial charge < -0.3 is 10.4 Å². The molecule has 0 aromatic heterocycles. The van der Waals surface area contributed by atoms with Gasteiger partial charge in [0, 0.05) is 24.0 Å². The number of hydrogen-bond donors (Lipinski definition) is 2. The first-order chi connectivity index (χ1) is 10.9. The molecule has 0 bridgehead atoms. The molecule has 9 nitrogen and oxygen atoms in total. The van der Waals surface area contributed by atoms with Crippen molar-refractivity contribution in [1.82, 2.24) is 5.32 Å². The predicted octanol–water partition coefficient (Wildman–Crippen LogP) is 1.37. The first-order valence-electron chi connectivity index (χ1n) is 6.96. The first-order valence-corrected chi connectivity index (χ1v) is 8.85. The van der Waals surface area contributed by atoms with Gasteiger partial charge in [0.05, 0.1) is 9.82 Å². The fourth-order valence-corrected chi connectivity index (χ4v) is 2.76. The molecular weight excluding hydrogens is 340 g/mol. The number of non-ortho nitro benzene ring substituents is 1. The molecule has 0 radical (unpaired) electrons. The Morgan fingerprint density at radius 1 is 1.33 bits per heavy atom. The van der Waals surface area contributed by atoms with E-state index in [1.165, 1.54) is 6.92 Å². The fraction of sp³-hybridized carbons (Fsp3) is 0.429. The van der Waals surface area contributed by atoms with Crippen LogP contribution in [0.15, 0.2) is 23.1 Å². The van der Waals surface area contributed by atoms with Crippen LogP contribution in [0.25, 0.3) is 0 Å². The van der Waals surface area contributed by atoms with Crippen LogP contribution < -0.4 is 5.32 Å². The van der Waals surface area contributed by atoms with E-state index in [-0.39, 0.29) is 12.0 Å². The summed E-state index contributed by atoms with van der Waals surface area (Å²) in [5, 5.41) is 22.5. The summed E-state index contributed by atoms with van der Waals surface area (Å²) in [4.78, 5) is 33.4. The third-order valence-corrected chi connectivity index (χ3v) is 4.50. The van der Waals surface area contributed by atoms with Crippen LogP contribution in [0.5, 0.6) is 0 Å². The number of nitro benzene ring substituents is 1. The SMILES string of the molecule is CCCC(C)(NC(=O)c1cc([N+](=O)[O-])cc(S(C)(=O)=O)c1)C(=O)O. The molecule has 1 amide bonds. The number of carbonyl (C=O) groups is 2. The highest BCUT2D eigenvalue weighted by molar-refractivity contribution is 7.90. The van der Waals surface area contributed by atoms with E-state index in [2.05, 4.69) is 5.32 Å². The maximum Gasteiger partial charge on any atom is 0.329 e. The Labute approximate surface area is 138 Å². The van der Waals surface area contributed by atoms with Gasteiger partial charge in [-0.1, -0.05) is 13.3 Å². The molecule has 0 heterocycles. The van der Waals surface area contributed by atoms with E-state index in [0.29, 0.717) is 6.42 Å². The number of aliphatic carboxylic acids is 1. The topological polar surface area (TPSA) is 144 Å². The Bertz CT molecular complexity index is 788. The molecule has 1 aromatic carbocycles. The fourth-order valence-electron chi connectivity index (χ4n) is 2.08. The summed E-state index contributed by atoms with van der Waals surface area (Å²) in [5.74, 6) is -2.16. The number of hydrogen-bond acceptors (Lipinski definition) is 6. The second kappa shape index (κ2) is 6.95. The van der Waals surface area contributed by atoms with Gasteiger partial charge in [0.1, 0.15) is 5.54 Å². The minimum atomic E-state index is -3.79. The number of nitro groups is 1. The van der Waals surface area contributed by atoms with Crippen molar-refractivity contribution in [3.8, 4) is 0 Å². The average molecular weight is 358 g/mol. The predicted molar refractivity (Wildman–Crippen MR) is 84.6 cm³/mol. The highest BCUT2D eigenvalue weighted by atomic mass is 32.2. The molecule has 1 rings (SSSR count). The summed E-state index contributed by atoms with van der Waals surface area (Å²) < 4.78 is 23.3. The number of amides is 1. The number of carbonyl (C=O) groups excluding carboxylic acids is 1. The van der Waals surface area contributed by atoms with Gasteiger partial charge in [-0.3, -0.25) is 14.9 Å². The number of nitrogens with one attached hydrogen (secondary N) is 1. The second-order valence-electron chi connectivity index (χ2n) is 5.59. The van der Waals surface area contributed by atoms with Gasteiger partial charge in [-0.2, -0.15) is 0 Å². The molecule has 132 valence electrons. The van der Waals surface area contributed by atoms with Crippen molar-refractivity contribution < 1.29 is 28.0 Å². The monoisotopic (exact) mass is 358 g/mol. The number of carboxylic acids is 1. The Kier molecular flexibility index (Phi) is 5.67. The molecular formula is C14H18N2O7S. The molecule has 0 saturated carbocycles. The lowest BCUT2D eigenvalue weighted by atomic mass is 9.95. The van der Waals surface area contributed by atoms with E-state index < -0.39 is 42.8 Å². The van der Waals surface area contributed by atoms with Gasteiger partial charge in [0.15, 0.2) is 9.84 Å². The normalized spacial score (nSPS) is 13.8. The van der Waals surface area contributed by atoms with Crippen molar-refractivity contribution in [3.05, 3.63) is 33.9 Å². The lowest BCUT2D eigenvalue weighted by molar-refractivity contribution is -0.385. The van der Waals surface area contributed by atoms with Crippen LogP contribution in [0.2, 0.25) is 0 Å². The molecule has 0 aliphatic carbocycles. The van der Waals surface area contributed by atoms with Crippen molar-refractivity contribution in [2.24, 2.45) is 0 Å². The molecule has 1 unspecified atom stereocenters. The van der Waals surface area contributed by atoms with Crippen LogP contribution in [0.3, 0.4) is 0 Å². The first kappa shape index (κ1) is 19.6. The van der Waals surface area contributed by atoms with E-state index in [1.807, 2.05) is 0 Å². The number of rotatable bonds is 7. The van der Waals surface area contributed by atoms with Crippen LogP contribution in [0.4, 0.5) is 5.69 Å². The quantitative estimate of drug-likeness (QED) is 0.553. The lowest BCUT2D eigenvalue weighted by Crippen LogP contribution is -2.52. The standard InChI is InChI=1S/C14H18N2O7S/c1-4-5-14(2,13(18)19)15-12(17)9-6-10(16(20)21)8-11(7-9)24(3,22)23/h6-8H,4-5H2,1-3H3,(H,15,17)(H,18,19). The van der Waals surface area contributed by atoms with E-state index in [4.69, 9.17) is 0 Å². The van der Waals surface area contributed by atoms with Gasteiger partial charge in [0.2, 0.25) is 0 Å².